The van der Waals surface area contributed by atoms with E-state index in [2.05, 4.69) is 43.7 Å². The average Bonchev–Trinajstić information content (AvgIpc) is 2.70. The first-order valence-electron chi connectivity index (χ1n) is 5.82. The number of rotatable bonds is 1. The number of fused-ring (bicyclic) bond motifs is 1. The third-order valence-corrected chi connectivity index (χ3v) is 2.43. The van der Waals surface area contributed by atoms with Gasteiger partial charge in [-0.05, 0) is 23.1 Å². The second-order valence-corrected chi connectivity index (χ2v) is 5.42. The van der Waals surface area contributed by atoms with E-state index in [4.69, 9.17) is 4.42 Å². The molecule has 0 unspecified atom stereocenters. The van der Waals surface area contributed by atoms with Crippen LogP contribution in [0.15, 0.2) is 29.0 Å². The van der Waals surface area contributed by atoms with Crippen LogP contribution in [0.3, 0.4) is 0 Å². The molecule has 0 N–H and O–H groups in total. The summed E-state index contributed by atoms with van der Waals surface area (Å²) in [5.74, 6) is 6.42. The largest absolute Gasteiger partial charge is 0.443 e. The van der Waals surface area contributed by atoms with Crippen LogP contribution in [0.5, 0.6) is 0 Å². The Labute approximate surface area is 102 Å². The SMILES string of the molecule is CC(C)(C)CC#CCc1ccc2ncoc2c1. The summed E-state index contributed by atoms with van der Waals surface area (Å²) in [7, 11) is 0. The summed E-state index contributed by atoms with van der Waals surface area (Å²) in [6.07, 6.45) is 3.17. The smallest absolute Gasteiger partial charge is 0.181 e. The molecule has 0 atom stereocenters. The number of hydrogen-bond donors (Lipinski definition) is 0. The Hall–Kier alpha value is -1.75. The highest BCUT2D eigenvalue weighted by Gasteiger charge is 2.06. The zero-order chi connectivity index (χ0) is 12.3. The van der Waals surface area contributed by atoms with Crippen LogP contribution < -0.4 is 0 Å². The van der Waals surface area contributed by atoms with Crippen molar-refractivity contribution in [1.82, 2.24) is 4.98 Å². The van der Waals surface area contributed by atoms with Gasteiger partial charge in [-0.15, -0.1) is 5.92 Å². The molecule has 2 heteroatoms. The summed E-state index contributed by atoms with van der Waals surface area (Å²) in [5, 5.41) is 0. The summed E-state index contributed by atoms with van der Waals surface area (Å²) in [6.45, 7) is 6.59. The zero-order valence-electron chi connectivity index (χ0n) is 10.6. The Morgan fingerprint density at radius 1 is 1.24 bits per heavy atom. The van der Waals surface area contributed by atoms with Crippen molar-refractivity contribution in [3.05, 3.63) is 30.2 Å². The maximum atomic E-state index is 5.26. The van der Waals surface area contributed by atoms with E-state index in [1.807, 2.05) is 12.1 Å². The van der Waals surface area contributed by atoms with Crippen LogP contribution in [0.25, 0.3) is 11.1 Å². The molecule has 0 aliphatic heterocycles. The Balaban J connectivity index is 2.03. The van der Waals surface area contributed by atoms with Crippen molar-refractivity contribution >= 4 is 11.1 Å². The van der Waals surface area contributed by atoms with Crippen LogP contribution in [0.2, 0.25) is 0 Å². The van der Waals surface area contributed by atoms with E-state index in [-0.39, 0.29) is 5.41 Å². The lowest BCUT2D eigenvalue weighted by atomic mass is 9.93. The predicted octanol–water partition coefficient (Wildman–Crippen LogP) is 3.81. The first-order chi connectivity index (χ1) is 8.04. The van der Waals surface area contributed by atoms with Gasteiger partial charge in [-0.3, -0.25) is 0 Å². The molecule has 1 aromatic carbocycles. The van der Waals surface area contributed by atoms with E-state index >= 15 is 0 Å². The minimum Gasteiger partial charge on any atom is -0.443 e. The fourth-order valence-electron chi connectivity index (χ4n) is 1.50. The first kappa shape index (κ1) is 11.7. The van der Waals surface area contributed by atoms with Crippen molar-refractivity contribution in [3.63, 3.8) is 0 Å². The molecule has 0 aliphatic carbocycles. The Kier molecular flexibility index (Phi) is 3.19. The van der Waals surface area contributed by atoms with Gasteiger partial charge < -0.3 is 4.42 Å². The van der Waals surface area contributed by atoms with E-state index in [1.54, 1.807) is 0 Å². The van der Waals surface area contributed by atoms with Crippen molar-refractivity contribution in [1.29, 1.82) is 0 Å². The molecule has 0 amide bonds. The van der Waals surface area contributed by atoms with Gasteiger partial charge in [-0.2, -0.15) is 0 Å². The van der Waals surface area contributed by atoms with Gasteiger partial charge in [-0.25, -0.2) is 4.98 Å². The van der Waals surface area contributed by atoms with Gasteiger partial charge >= 0.3 is 0 Å². The van der Waals surface area contributed by atoms with E-state index in [0.717, 1.165) is 23.9 Å². The Morgan fingerprint density at radius 2 is 2.06 bits per heavy atom. The van der Waals surface area contributed by atoms with E-state index in [1.165, 1.54) is 12.0 Å². The molecule has 2 nitrogen and oxygen atoms in total. The van der Waals surface area contributed by atoms with Crippen LogP contribution in [-0.4, -0.2) is 4.98 Å². The molecule has 0 saturated carbocycles. The summed E-state index contributed by atoms with van der Waals surface area (Å²) >= 11 is 0. The lowest BCUT2D eigenvalue weighted by Gasteiger charge is -2.12. The predicted molar refractivity (Wildman–Crippen MR) is 69.6 cm³/mol. The average molecular weight is 227 g/mol. The third-order valence-electron chi connectivity index (χ3n) is 2.43. The fourth-order valence-corrected chi connectivity index (χ4v) is 1.50. The van der Waals surface area contributed by atoms with Gasteiger partial charge in [0, 0.05) is 12.8 Å². The zero-order valence-corrected chi connectivity index (χ0v) is 10.6. The summed E-state index contributed by atoms with van der Waals surface area (Å²) in [4.78, 5) is 4.09. The van der Waals surface area contributed by atoms with Crippen LogP contribution in [0, 0.1) is 17.3 Å². The van der Waals surface area contributed by atoms with E-state index in [0.29, 0.717) is 0 Å². The van der Waals surface area contributed by atoms with Gasteiger partial charge in [0.05, 0.1) is 0 Å². The molecule has 0 saturated heterocycles. The summed E-state index contributed by atoms with van der Waals surface area (Å²) in [5.41, 5.74) is 3.19. The van der Waals surface area contributed by atoms with Crippen molar-refractivity contribution in [3.8, 4) is 11.8 Å². The minimum atomic E-state index is 0.280. The standard InChI is InChI=1S/C15H17NO/c1-15(2,3)9-5-4-6-12-7-8-13-14(10-12)17-11-16-13/h7-8,10-11H,6,9H2,1-3H3. The number of nitrogens with zero attached hydrogens (tertiary/aromatic N) is 1. The molecule has 17 heavy (non-hydrogen) atoms. The minimum absolute atomic E-state index is 0.280. The number of aromatic nitrogens is 1. The molecule has 1 heterocycles. The van der Waals surface area contributed by atoms with Gasteiger partial charge in [0.2, 0.25) is 0 Å². The lowest BCUT2D eigenvalue weighted by Crippen LogP contribution is -2.02. The van der Waals surface area contributed by atoms with Gasteiger partial charge in [-0.1, -0.05) is 32.8 Å². The first-order valence-corrected chi connectivity index (χ1v) is 5.82. The highest BCUT2D eigenvalue weighted by Crippen LogP contribution is 2.17. The molecule has 0 spiro atoms. The third kappa shape index (κ3) is 3.35. The summed E-state index contributed by atoms with van der Waals surface area (Å²) < 4.78 is 5.26. The highest BCUT2D eigenvalue weighted by atomic mass is 16.3. The van der Waals surface area contributed by atoms with Crippen LogP contribution >= 0.6 is 0 Å². The molecule has 0 aliphatic rings. The van der Waals surface area contributed by atoms with Gasteiger partial charge in [0.1, 0.15) is 5.52 Å². The fraction of sp³-hybridized carbons (Fsp3) is 0.400. The van der Waals surface area contributed by atoms with Crippen molar-refractivity contribution in [2.24, 2.45) is 5.41 Å². The van der Waals surface area contributed by atoms with Gasteiger partial charge in [0.25, 0.3) is 0 Å². The molecular weight excluding hydrogens is 210 g/mol. The molecule has 0 fully saturated rings. The molecule has 1 aromatic heterocycles. The topological polar surface area (TPSA) is 26.0 Å². The molecule has 2 aromatic rings. The molecule has 2 rings (SSSR count). The van der Waals surface area contributed by atoms with E-state index < -0.39 is 0 Å². The quantitative estimate of drug-likeness (QED) is 0.692. The number of oxazole rings is 1. The maximum Gasteiger partial charge on any atom is 0.181 e. The normalized spacial score (nSPS) is 11.2. The van der Waals surface area contributed by atoms with E-state index in [9.17, 15) is 0 Å². The Bertz CT molecular complexity index is 564. The number of benzene rings is 1. The van der Waals surface area contributed by atoms with Crippen LogP contribution in [0.1, 0.15) is 32.8 Å². The van der Waals surface area contributed by atoms with Crippen LogP contribution in [-0.2, 0) is 6.42 Å². The number of hydrogen-bond acceptors (Lipinski definition) is 2. The van der Waals surface area contributed by atoms with Crippen molar-refractivity contribution in [2.75, 3.05) is 0 Å². The Morgan fingerprint density at radius 3 is 2.82 bits per heavy atom. The van der Waals surface area contributed by atoms with Crippen molar-refractivity contribution in [2.45, 2.75) is 33.6 Å². The molecule has 0 radical (unpaired) electrons. The second-order valence-electron chi connectivity index (χ2n) is 5.42. The molecular formula is C15H17NO. The van der Waals surface area contributed by atoms with Crippen molar-refractivity contribution < 1.29 is 4.42 Å². The lowest BCUT2D eigenvalue weighted by molar-refractivity contribution is 0.428. The molecule has 88 valence electrons. The van der Waals surface area contributed by atoms with Gasteiger partial charge in [0.15, 0.2) is 12.0 Å². The monoisotopic (exact) mass is 227 g/mol. The second kappa shape index (κ2) is 4.63. The summed E-state index contributed by atoms with van der Waals surface area (Å²) in [6, 6.07) is 6.03. The van der Waals surface area contributed by atoms with Crippen LogP contribution in [0.4, 0.5) is 0 Å². The maximum absolute atomic E-state index is 5.26. The highest BCUT2D eigenvalue weighted by molar-refractivity contribution is 5.72. The molecule has 0 bridgehead atoms.